The summed E-state index contributed by atoms with van der Waals surface area (Å²) in [5.74, 6) is 0. The molecule has 2 aromatic carbocycles. The SMILES string of the molecule is Cc1cccc(-c2nccc3cc(C)ccc23)c1. The van der Waals surface area contributed by atoms with Crippen molar-refractivity contribution in [3.05, 3.63) is 65.9 Å². The lowest BCUT2D eigenvalue weighted by atomic mass is 10.0. The molecular weight excluding hydrogens is 218 g/mol. The molecule has 0 aliphatic rings. The molecule has 1 aromatic heterocycles. The molecule has 1 nitrogen and oxygen atoms in total. The molecule has 88 valence electrons. The number of hydrogen-bond donors (Lipinski definition) is 0. The monoisotopic (exact) mass is 233 g/mol. The summed E-state index contributed by atoms with van der Waals surface area (Å²) >= 11 is 0. The Morgan fingerprint density at radius 2 is 1.67 bits per heavy atom. The normalized spacial score (nSPS) is 10.8. The molecule has 0 radical (unpaired) electrons. The molecule has 0 fully saturated rings. The smallest absolute Gasteiger partial charge is 0.0780 e. The van der Waals surface area contributed by atoms with Gasteiger partial charge in [0.2, 0.25) is 0 Å². The molecule has 0 saturated heterocycles. The van der Waals surface area contributed by atoms with Crippen molar-refractivity contribution in [3.63, 3.8) is 0 Å². The fourth-order valence-electron chi connectivity index (χ4n) is 2.32. The average molecular weight is 233 g/mol. The summed E-state index contributed by atoms with van der Waals surface area (Å²) in [6.07, 6.45) is 1.89. The number of aromatic nitrogens is 1. The molecule has 1 heteroatoms. The van der Waals surface area contributed by atoms with E-state index in [0.29, 0.717) is 0 Å². The molecule has 18 heavy (non-hydrogen) atoms. The second-order valence-corrected chi connectivity index (χ2v) is 4.75. The van der Waals surface area contributed by atoms with Crippen molar-refractivity contribution in [1.29, 1.82) is 0 Å². The zero-order valence-corrected chi connectivity index (χ0v) is 10.6. The zero-order chi connectivity index (χ0) is 12.5. The van der Waals surface area contributed by atoms with E-state index in [0.717, 1.165) is 5.69 Å². The molecule has 0 atom stereocenters. The van der Waals surface area contributed by atoms with Gasteiger partial charge in [0, 0.05) is 17.1 Å². The van der Waals surface area contributed by atoms with E-state index in [1.54, 1.807) is 0 Å². The van der Waals surface area contributed by atoms with Gasteiger partial charge >= 0.3 is 0 Å². The summed E-state index contributed by atoms with van der Waals surface area (Å²) in [7, 11) is 0. The van der Waals surface area contributed by atoms with Gasteiger partial charge in [-0.3, -0.25) is 4.98 Å². The molecule has 0 bridgehead atoms. The van der Waals surface area contributed by atoms with E-state index < -0.39 is 0 Å². The maximum Gasteiger partial charge on any atom is 0.0780 e. The van der Waals surface area contributed by atoms with Crippen LogP contribution in [0, 0.1) is 13.8 Å². The summed E-state index contributed by atoms with van der Waals surface area (Å²) in [5, 5.41) is 2.47. The first-order valence-corrected chi connectivity index (χ1v) is 6.16. The van der Waals surface area contributed by atoms with Gasteiger partial charge in [-0.1, -0.05) is 47.5 Å². The Kier molecular flexibility index (Phi) is 2.60. The van der Waals surface area contributed by atoms with E-state index in [-0.39, 0.29) is 0 Å². The molecule has 0 amide bonds. The van der Waals surface area contributed by atoms with Crippen LogP contribution in [0.3, 0.4) is 0 Å². The Balaban J connectivity index is 2.29. The van der Waals surface area contributed by atoms with Gasteiger partial charge in [-0.05, 0) is 31.4 Å². The van der Waals surface area contributed by atoms with E-state index in [4.69, 9.17) is 0 Å². The Labute approximate surface area is 107 Å². The summed E-state index contributed by atoms with van der Waals surface area (Å²) < 4.78 is 0. The van der Waals surface area contributed by atoms with Crippen molar-refractivity contribution >= 4 is 10.8 Å². The third-order valence-electron chi connectivity index (χ3n) is 3.21. The molecule has 0 N–H and O–H groups in total. The lowest BCUT2D eigenvalue weighted by Gasteiger charge is -2.07. The molecule has 0 spiro atoms. The lowest BCUT2D eigenvalue weighted by Crippen LogP contribution is -1.87. The van der Waals surface area contributed by atoms with E-state index in [9.17, 15) is 0 Å². The minimum Gasteiger partial charge on any atom is -0.256 e. The van der Waals surface area contributed by atoms with Crippen LogP contribution in [0.2, 0.25) is 0 Å². The molecule has 1 heterocycles. The van der Waals surface area contributed by atoms with Crippen LogP contribution in [-0.2, 0) is 0 Å². The van der Waals surface area contributed by atoms with Crippen LogP contribution in [0.4, 0.5) is 0 Å². The van der Waals surface area contributed by atoms with Crippen molar-refractivity contribution in [2.24, 2.45) is 0 Å². The van der Waals surface area contributed by atoms with Gasteiger partial charge in [0.15, 0.2) is 0 Å². The molecular formula is C17H15N. The molecule has 0 aliphatic heterocycles. The minimum atomic E-state index is 1.07. The van der Waals surface area contributed by atoms with Crippen LogP contribution in [-0.4, -0.2) is 4.98 Å². The predicted octanol–water partition coefficient (Wildman–Crippen LogP) is 4.52. The molecule has 0 unspecified atom stereocenters. The van der Waals surface area contributed by atoms with Crippen LogP contribution in [0.25, 0.3) is 22.0 Å². The molecule has 0 saturated carbocycles. The first kappa shape index (κ1) is 11.0. The Hall–Kier alpha value is -2.15. The quantitative estimate of drug-likeness (QED) is 0.602. The lowest BCUT2D eigenvalue weighted by molar-refractivity contribution is 1.34. The molecule has 3 rings (SSSR count). The number of rotatable bonds is 1. The average Bonchev–Trinajstić information content (AvgIpc) is 2.37. The predicted molar refractivity (Wildman–Crippen MR) is 76.7 cm³/mol. The maximum atomic E-state index is 4.55. The van der Waals surface area contributed by atoms with Gasteiger partial charge in [0.25, 0.3) is 0 Å². The number of aryl methyl sites for hydroxylation is 2. The minimum absolute atomic E-state index is 1.07. The number of fused-ring (bicyclic) bond motifs is 1. The van der Waals surface area contributed by atoms with E-state index in [1.807, 2.05) is 6.20 Å². The highest BCUT2D eigenvalue weighted by atomic mass is 14.7. The summed E-state index contributed by atoms with van der Waals surface area (Å²) in [6.45, 7) is 4.23. The number of nitrogens with zero attached hydrogens (tertiary/aromatic N) is 1. The number of benzene rings is 2. The number of pyridine rings is 1. The topological polar surface area (TPSA) is 12.9 Å². The second-order valence-electron chi connectivity index (χ2n) is 4.75. The second kappa shape index (κ2) is 4.26. The highest BCUT2D eigenvalue weighted by molar-refractivity contribution is 5.94. The van der Waals surface area contributed by atoms with Gasteiger partial charge in [-0.2, -0.15) is 0 Å². The van der Waals surface area contributed by atoms with Crippen LogP contribution in [0.15, 0.2) is 54.7 Å². The molecule has 3 aromatic rings. The largest absolute Gasteiger partial charge is 0.256 e. The summed E-state index contributed by atoms with van der Waals surface area (Å²) in [6, 6.07) is 17.1. The van der Waals surface area contributed by atoms with Gasteiger partial charge < -0.3 is 0 Å². The zero-order valence-electron chi connectivity index (χ0n) is 10.6. The third-order valence-corrected chi connectivity index (χ3v) is 3.21. The Morgan fingerprint density at radius 1 is 0.833 bits per heavy atom. The van der Waals surface area contributed by atoms with Gasteiger partial charge in [0.1, 0.15) is 0 Å². The van der Waals surface area contributed by atoms with Gasteiger partial charge in [0.05, 0.1) is 5.69 Å². The van der Waals surface area contributed by atoms with Crippen molar-refractivity contribution in [2.75, 3.05) is 0 Å². The highest BCUT2D eigenvalue weighted by Gasteiger charge is 2.05. The van der Waals surface area contributed by atoms with E-state index in [1.165, 1.54) is 27.5 Å². The highest BCUT2D eigenvalue weighted by Crippen LogP contribution is 2.27. The van der Waals surface area contributed by atoms with E-state index in [2.05, 4.69) is 67.4 Å². The standard InChI is InChI=1S/C17H15N/c1-12-4-3-5-15(11-12)17-16-7-6-13(2)10-14(16)8-9-18-17/h3-11H,1-2H3. The van der Waals surface area contributed by atoms with E-state index >= 15 is 0 Å². The summed E-state index contributed by atoms with van der Waals surface area (Å²) in [4.78, 5) is 4.55. The first-order valence-electron chi connectivity index (χ1n) is 6.16. The Bertz CT molecular complexity index is 714. The van der Waals surface area contributed by atoms with Crippen LogP contribution < -0.4 is 0 Å². The molecule has 0 aliphatic carbocycles. The van der Waals surface area contributed by atoms with Crippen LogP contribution in [0.1, 0.15) is 11.1 Å². The Morgan fingerprint density at radius 3 is 2.50 bits per heavy atom. The van der Waals surface area contributed by atoms with Crippen LogP contribution in [0.5, 0.6) is 0 Å². The van der Waals surface area contributed by atoms with Gasteiger partial charge in [-0.15, -0.1) is 0 Å². The van der Waals surface area contributed by atoms with Crippen molar-refractivity contribution in [1.82, 2.24) is 4.98 Å². The first-order chi connectivity index (χ1) is 8.74. The van der Waals surface area contributed by atoms with Gasteiger partial charge in [-0.25, -0.2) is 0 Å². The fourth-order valence-corrected chi connectivity index (χ4v) is 2.32. The fraction of sp³-hybridized carbons (Fsp3) is 0.118. The third kappa shape index (κ3) is 1.88. The van der Waals surface area contributed by atoms with Crippen molar-refractivity contribution < 1.29 is 0 Å². The van der Waals surface area contributed by atoms with Crippen LogP contribution >= 0.6 is 0 Å². The van der Waals surface area contributed by atoms with Crippen molar-refractivity contribution in [3.8, 4) is 11.3 Å². The maximum absolute atomic E-state index is 4.55. The summed E-state index contributed by atoms with van der Waals surface area (Å²) in [5.41, 5.74) is 4.79. The van der Waals surface area contributed by atoms with Crippen molar-refractivity contribution in [2.45, 2.75) is 13.8 Å². The number of hydrogen-bond acceptors (Lipinski definition) is 1.